The Kier molecular flexibility index (Phi) is 3.49. The number of methoxy groups -OCH3 is 1. The first-order valence-electron chi connectivity index (χ1n) is 6.88. The Balaban J connectivity index is 1.95. The van der Waals surface area contributed by atoms with Crippen molar-refractivity contribution in [1.29, 1.82) is 0 Å². The molecular formula is C16H20N2O. The fourth-order valence-electron chi connectivity index (χ4n) is 2.80. The van der Waals surface area contributed by atoms with Crippen molar-refractivity contribution in [3.8, 4) is 0 Å². The largest absolute Gasteiger partial charge is 0.379 e. The highest BCUT2D eigenvalue weighted by molar-refractivity contribution is 5.78. The fourth-order valence-corrected chi connectivity index (χ4v) is 2.80. The predicted octanol–water partition coefficient (Wildman–Crippen LogP) is 2.92. The first-order valence-corrected chi connectivity index (χ1v) is 6.88. The van der Waals surface area contributed by atoms with Crippen LogP contribution in [0.2, 0.25) is 0 Å². The second-order valence-electron chi connectivity index (χ2n) is 5.27. The van der Waals surface area contributed by atoms with Gasteiger partial charge in [-0.1, -0.05) is 18.2 Å². The molecule has 1 aliphatic rings. The Hall–Kier alpha value is -1.45. The number of nitrogens with one attached hydrogen (secondary N) is 1. The topological polar surface area (TPSA) is 34.2 Å². The Morgan fingerprint density at radius 2 is 2.11 bits per heavy atom. The van der Waals surface area contributed by atoms with Crippen LogP contribution in [0.15, 0.2) is 36.5 Å². The zero-order valence-electron chi connectivity index (χ0n) is 11.5. The van der Waals surface area contributed by atoms with Crippen molar-refractivity contribution < 1.29 is 4.74 Å². The number of fused-ring (bicyclic) bond motifs is 1. The normalized spacial score (nSPS) is 18.4. The molecule has 0 amide bonds. The number of likely N-dealkylation sites (N-methyl/N-ethyl adjacent to an activating group) is 1. The highest BCUT2D eigenvalue weighted by Crippen LogP contribution is 2.39. The van der Waals surface area contributed by atoms with Crippen LogP contribution < -0.4 is 5.32 Å². The molecular weight excluding hydrogens is 236 g/mol. The van der Waals surface area contributed by atoms with E-state index in [2.05, 4.69) is 28.5 Å². The van der Waals surface area contributed by atoms with E-state index in [1.54, 1.807) is 0 Å². The van der Waals surface area contributed by atoms with Crippen molar-refractivity contribution in [3.05, 3.63) is 42.1 Å². The minimum Gasteiger partial charge on any atom is -0.379 e. The van der Waals surface area contributed by atoms with Gasteiger partial charge >= 0.3 is 0 Å². The molecule has 1 N–H and O–H groups in total. The number of rotatable bonds is 5. The van der Waals surface area contributed by atoms with Gasteiger partial charge in [-0.3, -0.25) is 4.98 Å². The molecule has 3 nitrogen and oxygen atoms in total. The third-order valence-electron chi connectivity index (χ3n) is 3.97. The molecule has 19 heavy (non-hydrogen) atoms. The number of nitrogens with zero attached hydrogens (tertiary/aromatic N) is 1. The summed E-state index contributed by atoms with van der Waals surface area (Å²) in [6, 6.07) is 10.7. The summed E-state index contributed by atoms with van der Waals surface area (Å²) in [6.07, 6.45) is 4.76. The van der Waals surface area contributed by atoms with E-state index < -0.39 is 0 Å². The molecule has 0 aliphatic heterocycles. The Morgan fingerprint density at radius 1 is 1.32 bits per heavy atom. The van der Waals surface area contributed by atoms with Gasteiger partial charge in [0, 0.05) is 18.7 Å². The van der Waals surface area contributed by atoms with Gasteiger partial charge in [0.05, 0.1) is 17.7 Å². The molecule has 0 spiro atoms. The van der Waals surface area contributed by atoms with Gasteiger partial charge in [0.1, 0.15) is 0 Å². The lowest BCUT2D eigenvalue weighted by Gasteiger charge is -2.26. The minimum absolute atomic E-state index is 0.217. The summed E-state index contributed by atoms with van der Waals surface area (Å²) >= 11 is 0. The number of hydrogen-bond donors (Lipinski definition) is 1. The van der Waals surface area contributed by atoms with Crippen molar-refractivity contribution in [2.45, 2.75) is 25.0 Å². The van der Waals surface area contributed by atoms with Crippen LogP contribution in [-0.2, 0) is 4.74 Å². The van der Waals surface area contributed by atoms with E-state index in [4.69, 9.17) is 4.74 Å². The number of para-hydroxylation sites is 1. The maximum atomic E-state index is 5.70. The van der Waals surface area contributed by atoms with Crippen LogP contribution in [0.1, 0.15) is 24.4 Å². The second kappa shape index (κ2) is 5.27. The van der Waals surface area contributed by atoms with E-state index in [9.17, 15) is 0 Å². The van der Waals surface area contributed by atoms with Gasteiger partial charge in [-0.15, -0.1) is 0 Å². The third kappa shape index (κ3) is 2.48. The average Bonchev–Trinajstić information content (AvgIpc) is 3.28. The first-order chi connectivity index (χ1) is 9.33. The van der Waals surface area contributed by atoms with Gasteiger partial charge in [0.25, 0.3) is 0 Å². The van der Waals surface area contributed by atoms with Crippen LogP contribution in [0.4, 0.5) is 0 Å². The van der Waals surface area contributed by atoms with E-state index >= 15 is 0 Å². The SMILES string of the molecule is CNC(c1cnc2ccccc2c1)C(OC)C1CC1. The van der Waals surface area contributed by atoms with Crippen molar-refractivity contribution in [1.82, 2.24) is 10.3 Å². The summed E-state index contributed by atoms with van der Waals surface area (Å²) < 4.78 is 5.70. The number of aromatic nitrogens is 1. The van der Waals surface area contributed by atoms with Crippen LogP contribution in [-0.4, -0.2) is 25.2 Å². The van der Waals surface area contributed by atoms with E-state index in [1.807, 2.05) is 32.5 Å². The molecule has 0 bridgehead atoms. The van der Waals surface area contributed by atoms with E-state index in [0.717, 1.165) is 5.52 Å². The van der Waals surface area contributed by atoms with Crippen LogP contribution in [0.25, 0.3) is 10.9 Å². The second-order valence-corrected chi connectivity index (χ2v) is 5.27. The van der Waals surface area contributed by atoms with Crippen LogP contribution in [0.5, 0.6) is 0 Å². The number of hydrogen-bond acceptors (Lipinski definition) is 3. The third-order valence-corrected chi connectivity index (χ3v) is 3.97. The lowest BCUT2D eigenvalue weighted by Crippen LogP contribution is -2.32. The average molecular weight is 256 g/mol. The quantitative estimate of drug-likeness (QED) is 0.893. The zero-order valence-corrected chi connectivity index (χ0v) is 11.5. The summed E-state index contributed by atoms with van der Waals surface area (Å²) in [5.41, 5.74) is 2.25. The lowest BCUT2D eigenvalue weighted by molar-refractivity contribution is 0.0530. The van der Waals surface area contributed by atoms with Crippen molar-refractivity contribution in [2.24, 2.45) is 5.92 Å². The molecule has 1 saturated carbocycles. The number of benzene rings is 1. The molecule has 1 fully saturated rings. The van der Waals surface area contributed by atoms with Gasteiger partial charge in [-0.25, -0.2) is 0 Å². The summed E-state index contributed by atoms with van der Waals surface area (Å²) in [4.78, 5) is 4.55. The van der Waals surface area contributed by atoms with Crippen molar-refractivity contribution in [2.75, 3.05) is 14.2 Å². The van der Waals surface area contributed by atoms with Crippen molar-refractivity contribution in [3.63, 3.8) is 0 Å². The molecule has 2 aromatic rings. The number of pyridine rings is 1. The Bertz CT molecular complexity index is 565. The Labute approximate surface area is 114 Å². The van der Waals surface area contributed by atoms with E-state index in [0.29, 0.717) is 5.92 Å². The van der Waals surface area contributed by atoms with Gasteiger partial charge < -0.3 is 10.1 Å². The van der Waals surface area contributed by atoms with E-state index in [-0.39, 0.29) is 12.1 Å². The number of ether oxygens (including phenoxy) is 1. The molecule has 3 heteroatoms. The minimum atomic E-state index is 0.217. The summed E-state index contributed by atoms with van der Waals surface area (Å²) in [5.74, 6) is 0.689. The smallest absolute Gasteiger partial charge is 0.0794 e. The fraction of sp³-hybridized carbons (Fsp3) is 0.438. The van der Waals surface area contributed by atoms with Gasteiger partial charge in [0.2, 0.25) is 0 Å². The van der Waals surface area contributed by atoms with E-state index in [1.165, 1.54) is 23.8 Å². The molecule has 2 atom stereocenters. The highest BCUT2D eigenvalue weighted by atomic mass is 16.5. The summed E-state index contributed by atoms with van der Waals surface area (Å²) in [5, 5.41) is 4.58. The summed E-state index contributed by atoms with van der Waals surface area (Å²) in [6.45, 7) is 0. The van der Waals surface area contributed by atoms with Gasteiger partial charge in [0.15, 0.2) is 0 Å². The van der Waals surface area contributed by atoms with Gasteiger partial charge in [-0.05, 0) is 43.5 Å². The molecule has 1 aromatic carbocycles. The summed E-state index contributed by atoms with van der Waals surface area (Å²) in [7, 11) is 3.80. The van der Waals surface area contributed by atoms with Crippen LogP contribution in [0.3, 0.4) is 0 Å². The van der Waals surface area contributed by atoms with Crippen molar-refractivity contribution >= 4 is 10.9 Å². The standard InChI is InChI=1S/C16H20N2O/c1-17-15(16(19-2)11-7-8-11)13-9-12-5-3-4-6-14(12)18-10-13/h3-6,9-11,15-17H,7-8H2,1-2H3. The Morgan fingerprint density at radius 3 is 2.79 bits per heavy atom. The van der Waals surface area contributed by atoms with Crippen LogP contribution >= 0.6 is 0 Å². The monoisotopic (exact) mass is 256 g/mol. The molecule has 1 heterocycles. The van der Waals surface area contributed by atoms with Crippen LogP contribution in [0, 0.1) is 5.92 Å². The predicted molar refractivity (Wildman–Crippen MR) is 77.1 cm³/mol. The molecule has 0 saturated heterocycles. The molecule has 2 unspecified atom stereocenters. The zero-order chi connectivity index (χ0) is 13.2. The van der Waals surface area contributed by atoms with Gasteiger partial charge in [-0.2, -0.15) is 0 Å². The first kappa shape index (κ1) is 12.6. The molecule has 0 radical (unpaired) electrons. The lowest BCUT2D eigenvalue weighted by atomic mass is 9.98. The highest BCUT2D eigenvalue weighted by Gasteiger charge is 2.37. The maximum Gasteiger partial charge on any atom is 0.0794 e. The molecule has 1 aliphatic carbocycles. The molecule has 100 valence electrons. The maximum absolute atomic E-state index is 5.70. The molecule has 3 rings (SSSR count). The molecule has 1 aromatic heterocycles.